The van der Waals surface area contributed by atoms with Crippen LogP contribution in [0.25, 0.3) is 0 Å². The average Bonchev–Trinajstić information content (AvgIpc) is 2.71. The smallest absolute Gasteiger partial charge is 0.322 e. The third kappa shape index (κ3) is 4.27. The van der Waals surface area contributed by atoms with Crippen molar-refractivity contribution in [2.45, 2.75) is 13.0 Å². The highest BCUT2D eigenvalue weighted by atomic mass is 35.5. The first kappa shape index (κ1) is 20.5. The van der Waals surface area contributed by atoms with Crippen LogP contribution in [0, 0.1) is 0 Å². The lowest BCUT2D eigenvalue weighted by Gasteiger charge is -2.35. The second kappa shape index (κ2) is 8.84. The second-order valence-electron chi connectivity index (χ2n) is 6.49. The van der Waals surface area contributed by atoms with Gasteiger partial charge in [-0.3, -0.25) is 9.69 Å². The number of nitrogens with one attached hydrogen (secondary N) is 2. The van der Waals surface area contributed by atoms with E-state index in [1.807, 2.05) is 12.1 Å². The maximum atomic E-state index is 13.3. The summed E-state index contributed by atoms with van der Waals surface area (Å²) in [5.41, 5.74) is 2.22. The van der Waals surface area contributed by atoms with Crippen LogP contribution in [0.2, 0.25) is 5.02 Å². The van der Waals surface area contributed by atoms with Crippen LogP contribution in [-0.2, 0) is 4.79 Å². The quantitative estimate of drug-likeness (QED) is 0.687. The Hall–Kier alpha value is -3.25. The lowest BCUT2D eigenvalue weighted by atomic mass is 9.94. The standard InChI is InChI=1S/C22H22ClN3O3/c1-4-12-26-14(2)19(21(27)24-17-10-5-6-11-18(17)29-3)20(25-22(26)28)15-8-7-9-16(23)13-15/h4-11,13,20H,1,12H2,2-3H3,(H,24,27)(H,25,28)/t20-/m1/s1. The van der Waals surface area contributed by atoms with Gasteiger partial charge in [0, 0.05) is 17.3 Å². The lowest BCUT2D eigenvalue weighted by Crippen LogP contribution is -2.48. The summed E-state index contributed by atoms with van der Waals surface area (Å²) < 4.78 is 5.32. The van der Waals surface area contributed by atoms with E-state index in [-0.39, 0.29) is 18.5 Å². The van der Waals surface area contributed by atoms with Gasteiger partial charge in [0.1, 0.15) is 5.75 Å². The monoisotopic (exact) mass is 411 g/mol. The molecule has 150 valence electrons. The number of allylic oxidation sites excluding steroid dienone is 1. The fraction of sp³-hybridized carbons (Fsp3) is 0.182. The Morgan fingerprint density at radius 2 is 2.07 bits per heavy atom. The summed E-state index contributed by atoms with van der Waals surface area (Å²) in [6.45, 7) is 5.72. The molecule has 0 saturated carbocycles. The zero-order chi connectivity index (χ0) is 21.0. The van der Waals surface area contributed by atoms with Crippen molar-refractivity contribution in [3.05, 3.63) is 83.0 Å². The minimum absolute atomic E-state index is 0.283. The summed E-state index contributed by atoms with van der Waals surface area (Å²) in [7, 11) is 1.54. The molecule has 6 nitrogen and oxygen atoms in total. The zero-order valence-electron chi connectivity index (χ0n) is 16.2. The van der Waals surface area contributed by atoms with Crippen LogP contribution in [0.3, 0.4) is 0 Å². The molecule has 2 N–H and O–H groups in total. The Balaban J connectivity index is 2.06. The van der Waals surface area contributed by atoms with Crippen LogP contribution in [0.5, 0.6) is 5.75 Å². The molecule has 7 heteroatoms. The number of urea groups is 1. The van der Waals surface area contributed by atoms with Crippen molar-refractivity contribution in [1.82, 2.24) is 10.2 Å². The van der Waals surface area contributed by atoms with E-state index in [2.05, 4.69) is 17.2 Å². The van der Waals surface area contributed by atoms with Crippen molar-refractivity contribution in [1.29, 1.82) is 0 Å². The zero-order valence-corrected chi connectivity index (χ0v) is 17.0. The van der Waals surface area contributed by atoms with Crippen molar-refractivity contribution in [3.63, 3.8) is 0 Å². The van der Waals surface area contributed by atoms with Gasteiger partial charge in [0.2, 0.25) is 0 Å². The minimum Gasteiger partial charge on any atom is -0.495 e. The van der Waals surface area contributed by atoms with Gasteiger partial charge in [0.05, 0.1) is 24.4 Å². The molecule has 3 rings (SSSR count). The summed E-state index contributed by atoms with van der Waals surface area (Å²) in [6.07, 6.45) is 1.61. The van der Waals surface area contributed by atoms with Gasteiger partial charge in [-0.15, -0.1) is 6.58 Å². The molecule has 2 aromatic rings. The highest BCUT2D eigenvalue weighted by Gasteiger charge is 2.35. The van der Waals surface area contributed by atoms with Crippen molar-refractivity contribution in [3.8, 4) is 5.75 Å². The summed E-state index contributed by atoms with van der Waals surface area (Å²) >= 11 is 6.14. The Kier molecular flexibility index (Phi) is 6.24. The number of anilines is 1. The predicted octanol–water partition coefficient (Wildman–Crippen LogP) is 4.51. The second-order valence-corrected chi connectivity index (χ2v) is 6.93. The highest BCUT2D eigenvalue weighted by molar-refractivity contribution is 6.30. The number of carbonyl (C=O) groups is 2. The first-order chi connectivity index (χ1) is 14.0. The van der Waals surface area contributed by atoms with E-state index in [4.69, 9.17) is 16.3 Å². The summed E-state index contributed by atoms with van der Waals surface area (Å²) in [6, 6.07) is 13.3. The number of methoxy groups -OCH3 is 1. The number of hydrogen-bond donors (Lipinski definition) is 2. The molecule has 0 aliphatic carbocycles. The van der Waals surface area contributed by atoms with E-state index in [0.29, 0.717) is 33.3 Å². The third-order valence-electron chi connectivity index (χ3n) is 4.69. The molecule has 2 aromatic carbocycles. The molecule has 0 spiro atoms. The summed E-state index contributed by atoms with van der Waals surface area (Å²) in [5, 5.41) is 6.32. The predicted molar refractivity (Wildman–Crippen MR) is 114 cm³/mol. The van der Waals surface area contributed by atoms with Crippen molar-refractivity contribution >= 4 is 29.2 Å². The van der Waals surface area contributed by atoms with Gasteiger partial charge in [-0.05, 0) is 36.8 Å². The fourth-order valence-corrected chi connectivity index (χ4v) is 3.50. The molecule has 1 heterocycles. The van der Waals surface area contributed by atoms with E-state index >= 15 is 0 Å². The van der Waals surface area contributed by atoms with Gasteiger partial charge in [-0.1, -0.05) is 41.9 Å². The number of nitrogens with zero attached hydrogens (tertiary/aromatic N) is 1. The van der Waals surface area contributed by atoms with Crippen LogP contribution >= 0.6 is 11.6 Å². The Morgan fingerprint density at radius 1 is 1.31 bits per heavy atom. The van der Waals surface area contributed by atoms with Crippen molar-refractivity contribution < 1.29 is 14.3 Å². The molecule has 1 aliphatic rings. The van der Waals surface area contributed by atoms with E-state index in [0.717, 1.165) is 0 Å². The Morgan fingerprint density at radius 3 is 2.76 bits per heavy atom. The lowest BCUT2D eigenvalue weighted by molar-refractivity contribution is -0.113. The van der Waals surface area contributed by atoms with Crippen LogP contribution in [0.4, 0.5) is 10.5 Å². The third-order valence-corrected chi connectivity index (χ3v) is 4.92. The topological polar surface area (TPSA) is 70.7 Å². The van der Waals surface area contributed by atoms with Crippen LogP contribution in [-0.4, -0.2) is 30.5 Å². The maximum absolute atomic E-state index is 13.3. The van der Waals surface area contributed by atoms with Crippen LogP contribution in [0.1, 0.15) is 18.5 Å². The molecule has 0 aromatic heterocycles. The highest BCUT2D eigenvalue weighted by Crippen LogP contribution is 2.33. The number of hydrogen-bond acceptors (Lipinski definition) is 3. The molecular formula is C22H22ClN3O3. The molecular weight excluding hydrogens is 390 g/mol. The Labute approximate surface area is 174 Å². The number of rotatable bonds is 6. The van der Waals surface area contributed by atoms with Gasteiger partial charge in [0.25, 0.3) is 5.91 Å². The van der Waals surface area contributed by atoms with Gasteiger partial charge < -0.3 is 15.4 Å². The summed E-state index contributed by atoms with van der Waals surface area (Å²) in [4.78, 5) is 27.4. The van der Waals surface area contributed by atoms with Crippen molar-refractivity contribution in [2.75, 3.05) is 19.0 Å². The Bertz CT molecular complexity index is 987. The van der Waals surface area contributed by atoms with E-state index in [1.54, 1.807) is 49.4 Å². The molecule has 0 unspecified atom stereocenters. The van der Waals surface area contributed by atoms with Gasteiger partial charge >= 0.3 is 6.03 Å². The molecule has 0 bridgehead atoms. The minimum atomic E-state index is -0.642. The molecule has 3 amide bonds. The van der Waals surface area contributed by atoms with Gasteiger partial charge in [-0.25, -0.2) is 4.79 Å². The molecule has 0 saturated heterocycles. The van der Waals surface area contributed by atoms with Gasteiger partial charge in [0.15, 0.2) is 0 Å². The van der Waals surface area contributed by atoms with E-state index < -0.39 is 6.04 Å². The summed E-state index contributed by atoms with van der Waals surface area (Å²) in [5.74, 6) is 0.201. The fourth-order valence-electron chi connectivity index (χ4n) is 3.30. The first-order valence-electron chi connectivity index (χ1n) is 9.05. The normalized spacial score (nSPS) is 16.3. The number of halogens is 1. The largest absolute Gasteiger partial charge is 0.495 e. The SMILES string of the molecule is C=CCN1C(=O)N[C@H](c2cccc(Cl)c2)C(C(=O)Nc2ccccc2OC)=C1C. The van der Waals surface area contributed by atoms with E-state index in [1.165, 1.54) is 12.0 Å². The number of amides is 3. The van der Waals surface area contributed by atoms with E-state index in [9.17, 15) is 9.59 Å². The van der Waals surface area contributed by atoms with Crippen molar-refractivity contribution in [2.24, 2.45) is 0 Å². The number of para-hydroxylation sites is 2. The number of carbonyl (C=O) groups excluding carboxylic acids is 2. The van der Waals surface area contributed by atoms with Gasteiger partial charge in [-0.2, -0.15) is 0 Å². The maximum Gasteiger partial charge on any atom is 0.322 e. The molecule has 29 heavy (non-hydrogen) atoms. The molecule has 0 radical (unpaired) electrons. The molecule has 1 atom stereocenters. The molecule has 0 fully saturated rings. The van der Waals surface area contributed by atoms with Crippen LogP contribution in [0.15, 0.2) is 72.5 Å². The first-order valence-corrected chi connectivity index (χ1v) is 9.43. The molecule has 1 aliphatic heterocycles. The average molecular weight is 412 g/mol. The number of ether oxygens (including phenoxy) is 1. The number of benzene rings is 2. The van der Waals surface area contributed by atoms with Crippen LogP contribution < -0.4 is 15.4 Å².